The molecule has 0 saturated carbocycles. The topological polar surface area (TPSA) is 84.4 Å². The molecule has 0 amide bonds. The maximum atomic E-state index is 15.9. The van der Waals surface area contributed by atoms with E-state index in [2.05, 4.69) is 4.98 Å². The minimum absolute atomic E-state index is 0.00109. The monoisotopic (exact) mass is 628 g/mol. The van der Waals surface area contributed by atoms with Crippen molar-refractivity contribution >= 4 is 33.1 Å². The van der Waals surface area contributed by atoms with Crippen LogP contribution >= 0.6 is 11.6 Å². The standard InChI is InChI=1S/C28H32ClF3N4O5S/c1-34(2)13-18-14-35(16-23(18)41-5)21-12-20(30)28(27(32)26(21)29)42(37,38)36(25-8-6-7-24(31)33-25)15-17-9-10-19(39-3)11-22(17)40-4/h6-12,18,23H,13-16H2,1-5H3. The number of halogens is 4. The number of benzene rings is 2. The van der Waals surface area contributed by atoms with Crippen LogP contribution in [0, 0.1) is 23.5 Å². The number of aromatic nitrogens is 1. The van der Waals surface area contributed by atoms with Gasteiger partial charge in [-0.25, -0.2) is 26.5 Å². The summed E-state index contributed by atoms with van der Waals surface area (Å²) < 4.78 is 90.6. The van der Waals surface area contributed by atoms with Gasteiger partial charge in [-0.05, 0) is 38.4 Å². The lowest BCUT2D eigenvalue weighted by atomic mass is 10.1. The number of hydrogen-bond donors (Lipinski definition) is 0. The molecule has 228 valence electrons. The average molecular weight is 629 g/mol. The fraction of sp³-hybridized carbons (Fsp3) is 0.393. The molecule has 3 aromatic rings. The molecule has 0 spiro atoms. The molecule has 2 heterocycles. The van der Waals surface area contributed by atoms with Gasteiger partial charge in [0.05, 0.1) is 32.6 Å². The van der Waals surface area contributed by atoms with Gasteiger partial charge in [-0.1, -0.05) is 17.7 Å². The van der Waals surface area contributed by atoms with Gasteiger partial charge in [-0.15, -0.1) is 0 Å². The van der Waals surface area contributed by atoms with Gasteiger partial charge in [0.25, 0.3) is 10.0 Å². The highest BCUT2D eigenvalue weighted by Gasteiger charge is 2.39. The maximum absolute atomic E-state index is 15.9. The summed E-state index contributed by atoms with van der Waals surface area (Å²) in [5, 5.41) is -0.565. The van der Waals surface area contributed by atoms with Gasteiger partial charge >= 0.3 is 0 Å². The van der Waals surface area contributed by atoms with E-state index in [1.807, 2.05) is 19.0 Å². The van der Waals surface area contributed by atoms with E-state index in [9.17, 15) is 12.8 Å². The molecule has 1 aromatic heterocycles. The summed E-state index contributed by atoms with van der Waals surface area (Å²) in [7, 11) is 3.14. The van der Waals surface area contributed by atoms with E-state index in [0.29, 0.717) is 35.3 Å². The van der Waals surface area contributed by atoms with Gasteiger partial charge < -0.3 is 24.0 Å². The van der Waals surface area contributed by atoms with Crippen LogP contribution in [0.15, 0.2) is 47.4 Å². The molecule has 1 saturated heterocycles. The number of rotatable bonds is 11. The average Bonchev–Trinajstić information content (AvgIpc) is 3.35. The number of sulfonamides is 1. The number of anilines is 2. The first-order valence-electron chi connectivity index (χ1n) is 12.9. The van der Waals surface area contributed by atoms with E-state index in [1.54, 1.807) is 18.1 Å². The summed E-state index contributed by atoms with van der Waals surface area (Å²) >= 11 is 6.39. The van der Waals surface area contributed by atoms with E-state index in [0.717, 1.165) is 12.1 Å². The van der Waals surface area contributed by atoms with Crippen LogP contribution in [0.1, 0.15) is 5.56 Å². The molecule has 2 aromatic carbocycles. The Hall–Kier alpha value is -3.26. The minimum Gasteiger partial charge on any atom is -0.497 e. The normalized spacial score (nSPS) is 17.1. The summed E-state index contributed by atoms with van der Waals surface area (Å²) in [6, 6.07) is 8.95. The predicted molar refractivity (Wildman–Crippen MR) is 154 cm³/mol. The van der Waals surface area contributed by atoms with Crippen LogP contribution in [0.4, 0.5) is 24.7 Å². The van der Waals surface area contributed by atoms with E-state index in [4.69, 9.17) is 25.8 Å². The second-order valence-corrected chi connectivity index (χ2v) is 12.2. The molecule has 1 aliphatic rings. The molecule has 1 fully saturated rings. The molecule has 0 radical (unpaired) electrons. The van der Waals surface area contributed by atoms with E-state index in [1.165, 1.54) is 38.5 Å². The third-order valence-corrected chi connectivity index (χ3v) is 9.18. The van der Waals surface area contributed by atoms with Crippen molar-refractivity contribution in [1.82, 2.24) is 9.88 Å². The fourth-order valence-corrected chi connectivity index (χ4v) is 6.89. The first-order chi connectivity index (χ1) is 19.9. The first-order valence-corrected chi connectivity index (χ1v) is 14.7. The first kappa shape index (κ1) is 31.7. The van der Waals surface area contributed by atoms with Gasteiger partial charge in [0, 0.05) is 50.4 Å². The second kappa shape index (κ2) is 12.9. The predicted octanol–water partition coefficient (Wildman–Crippen LogP) is 4.58. The molecule has 2 atom stereocenters. The molecule has 4 rings (SSSR count). The molecule has 14 heteroatoms. The van der Waals surface area contributed by atoms with Crippen LogP contribution in [0.5, 0.6) is 11.5 Å². The zero-order valence-corrected chi connectivity index (χ0v) is 25.3. The number of nitrogens with zero attached hydrogens (tertiary/aromatic N) is 4. The van der Waals surface area contributed by atoms with E-state index >= 15 is 8.78 Å². The Kier molecular flexibility index (Phi) is 9.76. The van der Waals surface area contributed by atoms with Crippen molar-refractivity contribution in [2.45, 2.75) is 17.5 Å². The molecule has 9 nitrogen and oxygen atoms in total. The lowest BCUT2D eigenvalue weighted by Gasteiger charge is -2.26. The molecule has 0 N–H and O–H groups in total. The highest BCUT2D eigenvalue weighted by Crippen LogP contribution is 2.40. The summed E-state index contributed by atoms with van der Waals surface area (Å²) in [6.07, 6.45) is -0.230. The van der Waals surface area contributed by atoms with Crippen molar-refractivity contribution in [3.8, 4) is 11.5 Å². The number of pyridine rings is 1. The molecule has 2 unspecified atom stereocenters. The highest BCUT2D eigenvalue weighted by atomic mass is 35.5. The summed E-state index contributed by atoms with van der Waals surface area (Å²) in [4.78, 5) is 6.03. The van der Waals surface area contributed by atoms with Gasteiger partial charge in [-0.3, -0.25) is 0 Å². The highest BCUT2D eigenvalue weighted by molar-refractivity contribution is 7.92. The zero-order valence-electron chi connectivity index (χ0n) is 23.8. The van der Waals surface area contributed by atoms with Crippen molar-refractivity contribution in [3.05, 3.63) is 70.6 Å². The summed E-state index contributed by atoms with van der Waals surface area (Å²) in [5.74, 6) is -3.55. The van der Waals surface area contributed by atoms with Crippen LogP contribution in [-0.4, -0.2) is 79.5 Å². The van der Waals surface area contributed by atoms with Crippen LogP contribution in [0.2, 0.25) is 5.02 Å². The van der Waals surface area contributed by atoms with Crippen LogP contribution in [0.3, 0.4) is 0 Å². The van der Waals surface area contributed by atoms with Crippen molar-refractivity contribution < 1.29 is 35.8 Å². The Morgan fingerprint density at radius 1 is 1.05 bits per heavy atom. The van der Waals surface area contributed by atoms with E-state index in [-0.39, 0.29) is 23.5 Å². The van der Waals surface area contributed by atoms with Crippen LogP contribution in [-0.2, 0) is 21.3 Å². The Morgan fingerprint density at radius 3 is 2.40 bits per heavy atom. The van der Waals surface area contributed by atoms with Crippen molar-refractivity contribution in [3.63, 3.8) is 0 Å². The number of ether oxygens (including phenoxy) is 3. The molecule has 1 aliphatic heterocycles. The van der Waals surface area contributed by atoms with Crippen molar-refractivity contribution in [2.24, 2.45) is 5.92 Å². The van der Waals surface area contributed by atoms with Crippen LogP contribution < -0.4 is 18.7 Å². The van der Waals surface area contributed by atoms with Gasteiger partial charge in [-0.2, -0.15) is 4.39 Å². The number of hydrogen-bond acceptors (Lipinski definition) is 8. The Bertz CT molecular complexity index is 1550. The molecule has 0 bridgehead atoms. The largest absolute Gasteiger partial charge is 0.497 e. The zero-order chi connectivity index (χ0) is 30.8. The summed E-state index contributed by atoms with van der Waals surface area (Å²) in [6.45, 7) is 0.848. The maximum Gasteiger partial charge on any atom is 0.271 e. The number of methoxy groups -OCH3 is 3. The smallest absolute Gasteiger partial charge is 0.271 e. The molecule has 0 aliphatic carbocycles. The van der Waals surface area contributed by atoms with E-state index < -0.39 is 49.9 Å². The Morgan fingerprint density at radius 2 is 1.79 bits per heavy atom. The van der Waals surface area contributed by atoms with Crippen molar-refractivity contribution in [1.29, 1.82) is 0 Å². The lowest BCUT2D eigenvalue weighted by molar-refractivity contribution is 0.0733. The molecular formula is C28H32ClF3N4O5S. The quantitative estimate of drug-likeness (QED) is 0.226. The fourth-order valence-electron chi connectivity index (χ4n) is 5.05. The second-order valence-electron chi connectivity index (χ2n) is 10.0. The van der Waals surface area contributed by atoms with Gasteiger partial charge in [0.1, 0.15) is 28.2 Å². The lowest BCUT2D eigenvalue weighted by Crippen LogP contribution is -2.33. The minimum atomic E-state index is -5.04. The van der Waals surface area contributed by atoms with Gasteiger partial charge in [0.15, 0.2) is 10.7 Å². The molecular weight excluding hydrogens is 597 g/mol. The molecule has 42 heavy (non-hydrogen) atoms. The SMILES string of the molecule is COc1ccc(CN(c2cccc(F)n2)S(=O)(=O)c2c(F)cc(N3CC(CN(C)C)C(OC)C3)c(Cl)c2F)c(OC)c1. The third kappa shape index (κ3) is 6.38. The summed E-state index contributed by atoms with van der Waals surface area (Å²) in [5.41, 5.74) is 0.298. The van der Waals surface area contributed by atoms with Crippen LogP contribution in [0.25, 0.3) is 0 Å². The third-order valence-electron chi connectivity index (χ3n) is 7.03. The van der Waals surface area contributed by atoms with Gasteiger partial charge in [0.2, 0.25) is 5.95 Å². The Labute approximate surface area is 248 Å². The van der Waals surface area contributed by atoms with Crippen molar-refractivity contribution in [2.75, 3.05) is 64.3 Å². The Balaban J connectivity index is 1.79.